The van der Waals surface area contributed by atoms with Crippen molar-refractivity contribution in [1.29, 1.82) is 0 Å². The van der Waals surface area contributed by atoms with Gasteiger partial charge in [0.2, 0.25) is 0 Å². The smallest absolute Gasteiger partial charge is 0.128 e. The average molecular weight is 258 g/mol. The summed E-state index contributed by atoms with van der Waals surface area (Å²) in [6, 6.07) is 0. The second-order valence-corrected chi connectivity index (χ2v) is 5.30. The molecule has 1 aromatic rings. The first kappa shape index (κ1) is 12.9. The van der Waals surface area contributed by atoms with E-state index in [2.05, 4.69) is 10.3 Å². The molecule has 17 heavy (non-hydrogen) atoms. The minimum atomic E-state index is -0.114. The molecule has 96 valence electrons. The summed E-state index contributed by atoms with van der Waals surface area (Å²) in [4.78, 5) is 4.25. The fourth-order valence-corrected chi connectivity index (χ4v) is 2.62. The fourth-order valence-electron chi connectivity index (χ4n) is 2.47. The molecule has 1 saturated carbocycles. The maximum Gasteiger partial charge on any atom is 0.128 e. The van der Waals surface area contributed by atoms with Crippen LogP contribution < -0.4 is 5.32 Å². The monoisotopic (exact) mass is 257 g/mol. The van der Waals surface area contributed by atoms with E-state index in [9.17, 15) is 5.11 Å². The van der Waals surface area contributed by atoms with Crippen LogP contribution in [0.25, 0.3) is 0 Å². The van der Waals surface area contributed by atoms with Crippen LogP contribution in [0.5, 0.6) is 0 Å². The standard InChI is InChI=1S/C12H20ClN3O/c1-16-10(13)7-14-11(16)8-15-12(9-17)5-3-2-4-6-12/h7,15,17H,2-6,8-9H2,1H3. The van der Waals surface area contributed by atoms with E-state index in [1.54, 1.807) is 6.20 Å². The van der Waals surface area contributed by atoms with E-state index in [4.69, 9.17) is 11.6 Å². The molecular weight excluding hydrogens is 238 g/mol. The number of aliphatic hydroxyl groups is 1. The number of imidazole rings is 1. The third-order valence-corrected chi connectivity index (χ3v) is 4.11. The predicted molar refractivity (Wildman–Crippen MR) is 68.0 cm³/mol. The second kappa shape index (κ2) is 5.38. The average Bonchev–Trinajstić information content (AvgIpc) is 2.69. The Balaban J connectivity index is 1.98. The van der Waals surface area contributed by atoms with E-state index in [1.165, 1.54) is 19.3 Å². The van der Waals surface area contributed by atoms with Gasteiger partial charge in [0, 0.05) is 12.6 Å². The highest BCUT2D eigenvalue weighted by Gasteiger charge is 2.30. The molecule has 1 aliphatic carbocycles. The lowest BCUT2D eigenvalue weighted by molar-refractivity contribution is 0.118. The number of rotatable bonds is 4. The molecule has 0 radical (unpaired) electrons. The molecule has 0 amide bonds. The van der Waals surface area contributed by atoms with E-state index in [0.717, 1.165) is 18.7 Å². The first-order chi connectivity index (χ1) is 8.17. The fraction of sp³-hybridized carbons (Fsp3) is 0.750. The van der Waals surface area contributed by atoms with Crippen molar-refractivity contribution in [3.8, 4) is 0 Å². The zero-order valence-corrected chi connectivity index (χ0v) is 11.0. The quantitative estimate of drug-likeness (QED) is 0.866. The van der Waals surface area contributed by atoms with Gasteiger partial charge in [0.1, 0.15) is 11.0 Å². The highest BCUT2D eigenvalue weighted by atomic mass is 35.5. The van der Waals surface area contributed by atoms with Gasteiger partial charge in [0.15, 0.2) is 0 Å². The minimum Gasteiger partial charge on any atom is -0.394 e. The number of hydrogen-bond acceptors (Lipinski definition) is 3. The van der Waals surface area contributed by atoms with E-state index < -0.39 is 0 Å². The van der Waals surface area contributed by atoms with Gasteiger partial charge in [-0.2, -0.15) is 0 Å². The Morgan fingerprint density at radius 1 is 1.47 bits per heavy atom. The summed E-state index contributed by atoms with van der Waals surface area (Å²) in [7, 11) is 1.90. The van der Waals surface area contributed by atoms with Crippen molar-refractivity contribution in [3.63, 3.8) is 0 Å². The van der Waals surface area contributed by atoms with Crippen LogP contribution in [-0.4, -0.2) is 26.8 Å². The van der Waals surface area contributed by atoms with Crippen molar-refractivity contribution in [3.05, 3.63) is 17.2 Å². The van der Waals surface area contributed by atoms with Crippen LogP contribution in [0.1, 0.15) is 37.9 Å². The predicted octanol–water partition coefficient (Wildman–Crippen LogP) is 1.86. The minimum absolute atomic E-state index is 0.114. The van der Waals surface area contributed by atoms with Crippen LogP contribution in [-0.2, 0) is 13.6 Å². The van der Waals surface area contributed by atoms with Crippen LogP contribution in [0.4, 0.5) is 0 Å². The van der Waals surface area contributed by atoms with E-state index in [1.807, 2.05) is 11.6 Å². The SMILES string of the molecule is Cn1c(Cl)cnc1CNC1(CO)CCCCC1. The molecular formula is C12H20ClN3O. The van der Waals surface area contributed by atoms with E-state index in [0.29, 0.717) is 11.7 Å². The molecule has 5 heteroatoms. The molecule has 2 rings (SSSR count). The molecule has 1 heterocycles. The highest BCUT2D eigenvalue weighted by Crippen LogP contribution is 2.28. The summed E-state index contributed by atoms with van der Waals surface area (Å²) >= 11 is 5.94. The van der Waals surface area contributed by atoms with Gasteiger partial charge in [0.25, 0.3) is 0 Å². The molecule has 0 saturated heterocycles. The van der Waals surface area contributed by atoms with Crippen molar-refractivity contribution in [1.82, 2.24) is 14.9 Å². The Morgan fingerprint density at radius 3 is 2.71 bits per heavy atom. The van der Waals surface area contributed by atoms with Crippen LogP contribution in [0.15, 0.2) is 6.20 Å². The summed E-state index contributed by atoms with van der Waals surface area (Å²) in [6.07, 6.45) is 7.40. The molecule has 1 aliphatic rings. The Hall–Kier alpha value is -0.580. The second-order valence-electron chi connectivity index (χ2n) is 4.91. The third-order valence-electron chi connectivity index (χ3n) is 3.76. The van der Waals surface area contributed by atoms with Crippen molar-refractivity contribution in [2.45, 2.75) is 44.2 Å². The summed E-state index contributed by atoms with van der Waals surface area (Å²) in [5.41, 5.74) is -0.114. The molecule has 0 aliphatic heterocycles. The topological polar surface area (TPSA) is 50.1 Å². The molecule has 2 N–H and O–H groups in total. The number of nitrogens with one attached hydrogen (secondary N) is 1. The Labute approximate surface area is 107 Å². The van der Waals surface area contributed by atoms with Crippen molar-refractivity contribution < 1.29 is 5.11 Å². The Bertz CT molecular complexity index is 372. The number of nitrogens with zero attached hydrogens (tertiary/aromatic N) is 2. The van der Waals surface area contributed by atoms with Gasteiger partial charge in [-0.3, -0.25) is 0 Å². The van der Waals surface area contributed by atoms with Crippen LogP contribution in [0.2, 0.25) is 5.15 Å². The van der Waals surface area contributed by atoms with Gasteiger partial charge in [-0.15, -0.1) is 0 Å². The Kier molecular flexibility index (Phi) is 4.07. The number of aliphatic hydroxyl groups excluding tert-OH is 1. The molecule has 0 spiro atoms. The maximum atomic E-state index is 9.58. The van der Waals surface area contributed by atoms with Gasteiger partial charge in [-0.1, -0.05) is 30.9 Å². The first-order valence-electron chi connectivity index (χ1n) is 6.19. The lowest BCUT2D eigenvalue weighted by Gasteiger charge is -2.36. The van der Waals surface area contributed by atoms with Crippen LogP contribution in [0.3, 0.4) is 0 Å². The van der Waals surface area contributed by atoms with Crippen molar-refractivity contribution in [2.75, 3.05) is 6.61 Å². The van der Waals surface area contributed by atoms with Gasteiger partial charge in [-0.05, 0) is 12.8 Å². The largest absolute Gasteiger partial charge is 0.394 e. The molecule has 0 unspecified atom stereocenters. The lowest BCUT2D eigenvalue weighted by Crippen LogP contribution is -2.49. The third kappa shape index (κ3) is 2.81. The number of halogens is 1. The first-order valence-corrected chi connectivity index (χ1v) is 6.57. The molecule has 0 aromatic carbocycles. The number of hydrogen-bond donors (Lipinski definition) is 2. The summed E-state index contributed by atoms with van der Waals surface area (Å²) in [6.45, 7) is 0.856. The zero-order valence-electron chi connectivity index (χ0n) is 10.2. The van der Waals surface area contributed by atoms with E-state index in [-0.39, 0.29) is 12.1 Å². The van der Waals surface area contributed by atoms with Gasteiger partial charge >= 0.3 is 0 Å². The zero-order chi connectivity index (χ0) is 12.3. The van der Waals surface area contributed by atoms with Crippen LogP contribution in [0, 0.1) is 0 Å². The van der Waals surface area contributed by atoms with Crippen molar-refractivity contribution >= 4 is 11.6 Å². The van der Waals surface area contributed by atoms with Gasteiger partial charge in [-0.25, -0.2) is 4.98 Å². The molecule has 0 bridgehead atoms. The lowest BCUT2D eigenvalue weighted by atomic mass is 9.82. The van der Waals surface area contributed by atoms with Gasteiger partial charge < -0.3 is 15.0 Å². The summed E-state index contributed by atoms with van der Waals surface area (Å²) < 4.78 is 1.86. The maximum absolute atomic E-state index is 9.58. The van der Waals surface area contributed by atoms with Crippen molar-refractivity contribution in [2.24, 2.45) is 7.05 Å². The Morgan fingerprint density at radius 2 is 2.18 bits per heavy atom. The molecule has 1 fully saturated rings. The molecule has 0 atom stereocenters. The number of aromatic nitrogens is 2. The van der Waals surface area contributed by atoms with Gasteiger partial charge in [0.05, 0.1) is 19.3 Å². The highest BCUT2D eigenvalue weighted by molar-refractivity contribution is 6.29. The summed E-state index contributed by atoms with van der Waals surface area (Å²) in [5.74, 6) is 0.911. The molecule has 1 aromatic heterocycles. The summed E-state index contributed by atoms with van der Waals surface area (Å²) in [5, 5.41) is 13.7. The van der Waals surface area contributed by atoms with E-state index >= 15 is 0 Å². The normalized spacial score (nSPS) is 19.5. The van der Waals surface area contributed by atoms with Crippen LogP contribution >= 0.6 is 11.6 Å². The molecule has 4 nitrogen and oxygen atoms in total.